The van der Waals surface area contributed by atoms with Crippen molar-refractivity contribution in [3.8, 4) is 0 Å². The summed E-state index contributed by atoms with van der Waals surface area (Å²) in [7, 11) is 0. The van der Waals surface area contributed by atoms with Gasteiger partial charge in [0.1, 0.15) is 0 Å². The molecule has 6 heteroatoms. The molecule has 0 unspecified atom stereocenters. The third-order valence-electron chi connectivity index (χ3n) is 3.81. The molecule has 0 spiro atoms. The number of nitrogens with zero attached hydrogens (tertiary/aromatic N) is 2. The third-order valence-corrected chi connectivity index (χ3v) is 3.81. The summed E-state index contributed by atoms with van der Waals surface area (Å²) < 4.78 is 0. The Morgan fingerprint density at radius 1 is 1.21 bits per heavy atom. The number of para-hydroxylation sites is 1. The smallest absolute Gasteiger partial charge is 0.274 e. The Labute approximate surface area is 138 Å². The Bertz CT molecular complexity index is 932. The minimum Gasteiger partial charge on any atom is -0.322 e. The van der Waals surface area contributed by atoms with Crippen molar-refractivity contribution < 1.29 is 9.72 Å². The van der Waals surface area contributed by atoms with Gasteiger partial charge in [-0.2, -0.15) is 0 Å². The van der Waals surface area contributed by atoms with Crippen LogP contribution in [0, 0.1) is 10.1 Å². The number of rotatable bonds is 4. The highest BCUT2D eigenvalue weighted by atomic mass is 16.6. The Balaban J connectivity index is 1.95. The normalized spacial score (nSPS) is 10.5. The number of fused-ring (bicyclic) bond motifs is 1. The van der Waals surface area contributed by atoms with Crippen LogP contribution in [0.5, 0.6) is 0 Å². The maximum atomic E-state index is 12.6. The van der Waals surface area contributed by atoms with E-state index in [9.17, 15) is 14.9 Å². The van der Waals surface area contributed by atoms with Crippen molar-refractivity contribution >= 4 is 28.2 Å². The molecule has 1 amide bonds. The fourth-order valence-electron chi connectivity index (χ4n) is 2.60. The largest absolute Gasteiger partial charge is 0.322 e. The number of nitro benzene ring substituents is 1. The van der Waals surface area contributed by atoms with Crippen LogP contribution in [0.4, 0.5) is 11.4 Å². The minimum absolute atomic E-state index is 0.00915. The summed E-state index contributed by atoms with van der Waals surface area (Å²) in [5.41, 5.74) is 2.23. The number of benzene rings is 2. The summed E-state index contributed by atoms with van der Waals surface area (Å²) >= 11 is 0. The lowest BCUT2D eigenvalue weighted by atomic mass is 10.1. The Kier molecular flexibility index (Phi) is 4.20. The number of amides is 1. The zero-order chi connectivity index (χ0) is 17.1. The number of anilines is 1. The van der Waals surface area contributed by atoms with Gasteiger partial charge in [-0.25, -0.2) is 0 Å². The van der Waals surface area contributed by atoms with Crippen molar-refractivity contribution in [2.45, 2.75) is 13.3 Å². The molecule has 120 valence electrons. The van der Waals surface area contributed by atoms with E-state index in [1.807, 2.05) is 31.2 Å². The lowest BCUT2D eigenvalue weighted by molar-refractivity contribution is -0.385. The molecule has 3 aromatic rings. The van der Waals surface area contributed by atoms with Crippen LogP contribution >= 0.6 is 0 Å². The van der Waals surface area contributed by atoms with Gasteiger partial charge < -0.3 is 5.32 Å². The molecule has 3 rings (SSSR count). The number of carbonyl (C=O) groups is 1. The topological polar surface area (TPSA) is 85.1 Å². The monoisotopic (exact) mass is 321 g/mol. The van der Waals surface area contributed by atoms with Crippen LogP contribution in [0.1, 0.15) is 22.8 Å². The Morgan fingerprint density at radius 2 is 2.00 bits per heavy atom. The summed E-state index contributed by atoms with van der Waals surface area (Å²) in [4.78, 5) is 27.5. The van der Waals surface area contributed by atoms with Crippen molar-refractivity contribution in [2.75, 3.05) is 5.32 Å². The number of nitrogens with one attached hydrogen (secondary N) is 1. The first-order valence-corrected chi connectivity index (χ1v) is 7.52. The Hall–Kier alpha value is -3.28. The second-order valence-corrected chi connectivity index (χ2v) is 5.28. The second-order valence-electron chi connectivity index (χ2n) is 5.28. The fourth-order valence-corrected chi connectivity index (χ4v) is 2.60. The predicted molar refractivity (Wildman–Crippen MR) is 92.2 cm³/mol. The standard InChI is InChI=1S/C18H15N3O3/c1-2-12-7-8-13(11-17(12)21(23)24)20-18(22)15-9-10-19-16-6-4-3-5-14(15)16/h3-11H,2H2,1H3,(H,20,22). The first-order valence-electron chi connectivity index (χ1n) is 7.52. The summed E-state index contributed by atoms with van der Waals surface area (Å²) in [6.45, 7) is 1.85. The number of carbonyl (C=O) groups excluding carboxylic acids is 1. The fraction of sp³-hybridized carbons (Fsp3) is 0.111. The van der Waals surface area contributed by atoms with E-state index in [-0.39, 0.29) is 11.6 Å². The molecule has 1 aromatic heterocycles. The first kappa shape index (κ1) is 15.6. The molecule has 0 bridgehead atoms. The molecule has 0 atom stereocenters. The first-order chi connectivity index (χ1) is 11.6. The highest BCUT2D eigenvalue weighted by molar-refractivity contribution is 6.12. The van der Waals surface area contributed by atoms with Crippen LogP contribution in [0.2, 0.25) is 0 Å². The lowest BCUT2D eigenvalue weighted by Gasteiger charge is -2.09. The van der Waals surface area contributed by atoms with E-state index < -0.39 is 4.92 Å². The maximum Gasteiger partial charge on any atom is 0.274 e. The highest BCUT2D eigenvalue weighted by Crippen LogP contribution is 2.25. The van der Waals surface area contributed by atoms with E-state index in [2.05, 4.69) is 10.3 Å². The van der Waals surface area contributed by atoms with Gasteiger partial charge in [0, 0.05) is 28.9 Å². The van der Waals surface area contributed by atoms with Crippen LogP contribution in [0.15, 0.2) is 54.7 Å². The second kappa shape index (κ2) is 6.45. The van der Waals surface area contributed by atoms with Crippen LogP contribution in [0.3, 0.4) is 0 Å². The summed E-state index contributed by atoms with van der Waals surface area (Å²) in [6.07, 6.45) is 2.12. The zero-order valence-corrected chi connectivity index (χ0v) is 13.0. The number of aryl methyl sites for hydroxylation is 1. The van der Waals surface area contributed by atoms with Gasteiger partial charge in [0.05, 0.1) is 16.0 Å². The molecule has 1 heterocycles. The van der Waals surface area contributed by atoms with E-state index in [0.29, 0.717) is 23.2 Å². The molecule has 6 nitrogen and oxygen atoms in total. The lowest BCUT2D eigenvalue weighted by Crippen LogP contribution is -2.13. The van der Waals surface area contributed by atoms with Crippen LogP contribution in [-0.4, -0.2) is 15.8 Å². The summed E-state index contributed by atoms with van der Waals surface area (Å²) in [6, 6.07) is 13.7. The van der Waals surface area contributed by atoms with Gasteiger partial charge in [0.25, 0.3) is 11.6 Å². The molecule has 0 fully saturated rings. The van der Waals surface area contributed by atoms with E-state index in [0.717, 1.165) is 10.9 Å². The molecule has 0 saturated carbocycles. The average molecular weight is 321 g/mol. The number of nitro groups is 1. The minimum atomic E-state index is -0.434. The molecule has 2 aromatic carbocycles. The molecule has 0 aliphatic carbocycles. The number of pyridine rings is 1. The molecule has 1 N–H and O–H groups in total. The van der Waals surface area contributed by atoms with E-state index in [4.69, 9.17) is 0 Å². The van der Waals surface area contributed by atoms with E-state index in [1.54, 1.807) is 24.4 Å². The van der Waals surface area contributed by atoms with E-state index in [1.165, 1.54) is 6.07 Å². The summed E-state index contributed by atoms with van der Waals surface area (Å²) in [5, 5.41) is 14.6. The third kappa shape index (κ3) is 2.94. The number of aromatic nitrogens is 1. The molecule has 24 heavy (non-hydrogen) atoms. The highest BCUT2D eigenvalue weighted by Gasteiger charge is 2.15. The maximum absolute atomic E-state index is 12.6. The average Bonchev–Trinajstić information content (AvgIpc) is 2.61. The molecular formula is C18H15N3O3. The van der Waals surface area contributed by atoms with Gasteiger partial charge in [-0.3, -0.25) is 19.9 Å². The number of hydrogen-bond donors (Lipinski definition) is 1. The van der Waals surface area contributed by atoms with Crippen LogP contribution in [-0.2, 0) is 6.42 Å². The quantitative estimate of drug-likeness (QED) is 0.582. The molecular weight excluding hydrogens is 306 g/mol. The Morgan fingerprint density at radius 3 is 2.75 bits per heavy atom. The molecule has 0 radical (unpaired) electrons. The summed E-state index contributed by atoms with van der Waals surface area (Å²) in [5.74, 6) is -0.327. The van der Waals surface area contributed by atoms with Crippen molar-refractivity contribution in [2.24, 2.45) is 0 Å². The van der Waals surface area contributed by atoms with Gasteiger partial charge in [-0.1, -0.05) is 31.2 Å². The zero-order valence-electron chi connectivity index (χ0n) is 13.0. The van der Waals surface area contributed by atoms with Crippen LogP contribution < -0.4 is 5.32 Å². The van der Waals surface area contributed by atoms with Crippen molar-refractivity contribution in [3.05, 3.63) is 76.0 Å². The molecule has 0 saturated heterocycles. The van der Waals surface area contributed by atoms with Gasteiger partial charge >= 0.3 is 0 Å². The molecule has 0 aliphatic rings. The molecule has 0 aliphatic heterocycles. The number of hydrogen-bond acceptors (Lipinski definition) is 4. The van der Waals surface area contributed by atoms with Crippen molar-refractivity contribution in [1.29, 1.82) is 0 Å². The van der Waals surface area contributed by atoms with E-state index >= 15 is 0 Å². The van der Waals surface area contributed by atoms with Gasteiger partial charge in [-0.15, -0.1) is 0 Å². The van der Waals surface area contributed by atoms with Crippen LogP contribution in [0.25, 0.3) is 10.9 Å². The van der Waals surface area contributed by atoms with Gasteiger partial charge in [0.15, 0.2) is 0 Å². The predicted octanol–water partition coefficient (Wildman–Crippen LogP) is 3.96. The SMILES string of the molecule is CCc1ccc(NC(=O)c2ccnc3ccccc23)cc1[N+](=O)[O-]. The van der Waals surface area contributed by atoms with Gasteiger partial charge in [0.2, 0.25) is 0 Å². The van der Waals surface area contributed by atoms with Crippen molar-refractivity contribution in [1.82, 2.24) is 4.98 Å². The van der Waals surface area contributed by atoms with Gasteiger partial charge in [-0.05, 0) is 24.6 Å². The van der Waals surface area contributed by atoms with Crippen molar-refractivity contribution in [3.63, 3.8) is 0 Å².